The van der Waals surface area contributed by atoms with Crippen LogP contribution < -0.4 is 0 Å². The average Bonchev–Trinajstić information content (AvgIpc) is 2.93. The molecule has 0 spiro atoms. The van der Waals surface area contributed by atoms with Crippen molar-refractivity contribution in [2.75, 3.05) is 0 Å². The van der Waals surface area contributed by atoms with Crippen molar-refractivity contribution in [1.29, 1.82) is 0 Å². The summed E-state index contributed by atoms with van der Waals surface area (Å²) >= 11 is 0. The molecular weight excluding hydrogens is 519 g/mol. The number of allylic oxidation sites excluding steroid dienone is 8. The Balaban J connectivity index is 0. The minimum atomic E-state index is -0.353. The van der Waals surface area contributed by atoms with Crippen molar-refractivity contribution in [3.05, 3.63) is 48.6 Å². The van der Waals surface area contributed by atoms with Gasteiger partial charge in [-0.1, -0.05) is 127 Å². The Bertz CT molecular complexity index is 607. The van der Waals surface area contributed by atoms with E-state index in [4.69, 9.17) is 4.74 Å². The molecule has 226 valence electrons. The molecule has 0 aromatic carbocycles. The summed E-state index contributed by atoms with van der Waals surface area (Å²) < 4.78 is 4.98. The van der Waals surface area contributed by atoms with E-state index in [0.29, 0.717) is 12.8 Å². The predicted octanol–water partition coefficient (Wildman–Crippen LogP) is 11.0. The summed E-state index contributed by atoms with van der Waals surface area (Å²) in [5.41, 5.74) is 0. The third-order valence-electron chi connectivity index (χ3n) is 6.89. The number of unbranched alkanes of at least 4 members (excludes halogenated alkanes) is 16. The average molecular weight is 583 g/mol. The summed E-state index contributed by atoms with van der Waals surface area (Å²) in [7, 11) is 0. The first-order valence-electron chi connectivity index (χ1n) is 16.5. The summed E-state index contributed by atoms with van der Waals surface area (Å²) in [6.07, 6.45) is 44.3. The third kappa shape index (κ3) is 35.8. The van der Waals surface area contributed by atoms with E-state index < -0.39 is 0 Å². The second-order valence-electron chi connectivity index (χ2n) is 10.8. The van der Waals surface area contributed by atoms with Crippen LogP contribution in [0, 0.1) is 0 Å². The Morgan fingerprint density at radius 2 is 0.725 bits per heavy atom. The van der Waals surface area contributed by atoms with Gasteiger partial charge in [-0.3, -0.25) is 9.59 Å². The van der Waals surface area contributed by atoms with E-state index in [1.165, 1.54) is 77.0 Å². The maximum absolute atomic E-state index is 11.9. The van der Waals surface area contributed by atoms with E-state index in [2.05, 4.69) is 62.5 Å². The molecule has 0 rings (SSSR count). The number of esters is 2. The van der Waals surface area contributed by atoms with E-state index in [0.717, 1.165) is 64.2 Å². The van der Waals surface area contributed by atoms with E-state index in [-0.39, 0.29) is 63.3 Å². The number of carbonyl (C=O) groups excluding carboxylic acids is 2. The molecular formula is C36H63KO3. The Morgan fingerprint density at radius 3 is 1.07 bits per heavy atom. The number of ether oxygens (including phenoxy) is 1. The molecule has 0 aliphatic carbocycles. The fraction of sp³-hybridized carbons (Fsp3) is 0.722. The number of carbonyl (C=O) groups is 2. The fourth-order valence-corrected chi connectivity index (χ4v) is 4.39. The number of hydrogen-bond donors (Lipinski definition) is 0. The predicted molar refractivity (Wildman–Crippen MR) is 177 cm³/mol. The molecule has 0 aliphatic rings. The quantitative estimate of drug-likeness (QED) is 0.0303. The van der Waals surface area contributed by atoms with Gasteiger partial charge in [-0.25, -0.2) is 0 Å². The van der Waals surface area contributed by atoms with Gasteiger partial charge in [-0.05, 0) is 77.0 Å². The van der Waals surface area contributed by atoms with Crippen molar-refractivity contribution in [3.8, 4) is 0 Å². The van der Waals surface area contributed by atoms with Crippen molar-refractivity contribution in [2.45, 2.75) is 168 Å². The monoisotopic (exact) mass is 582 g/mol. The number of hydrogen-bond acceptors (Lipinski definition) is 3. The molecule has 0 unspecified atom stereocenters. The second-order valence-corrected chi connectivity index (χ2v) is 10.8. The van der Waals surface area contributed by atoms with Crippen LogP contribution in [-0.4, -0.2) is 63.3 Å². The van der Waals surface area contributed by atoms with Crippen LogP contribution in [-0.2, 0) is 14.3 Å². The molecule has 0 amide bonds. The van der Waals surface area contributed by atoms with Crippen LogP contribution in [0.15, 0.2) is 48.6 Å². The molecule has 40 heavy (non-hydrogen) atoms. The van der Waals surface area contributed by atoms with Crippen LogP contribution >= 0.6 is 0 Å². The maximum atomic E-state index is 11.9. The van der Waals surface area contributed by atoms with Crippen LogP contribution in [0.1, 0.15) is 168 Å². The van der Waals surface area contributed by atoms with Gasteiger partial charge in [0, 0.05) is 12.8 Å². The van der Waals surface area contributed by atoms with Crippen molar-refractivity contribution in [1.82, 2.24) is 0 Å². The standard InChI is InChI=1S/C36H62O3.K.H/c1-3-5-7-9-11-13-15-17-19-21-23-25-27-29-31-33-35(37)39-36(38)34-32-30-28-26-24-22-20-18-16-14-12-10-8-6-4-2;;/h11-14,17-20H,3-10,15-16,21-34H2,1-2H3;;/b13-11-,14-12-,19-17-,20-18-;;. The van der Waals surface area contributed by atoms with Gasteiger partial charge in [0.1, 0.15) is 0 Å². The summed E-state index contributed by atoms with van der Waals surface area (Å²) in [6, 6.07) is 0. The van der Waals surface area contributed by atoms with Gasteiger partial charge >= 0.3 is 63.3 Å². The van der Waals surface area contributed by atoms with Crippen LogP contribution in [0.4, 0.5) is 0 Å². The Labute approximate surface area is 291 Å². The minimum absolute atomic E-state index is 0. The molecule has 0 N–H and O–H groups in total. The molecule has 0 fully saturated rings. The summed E-state index contributed by atoms with van der Waals surface area (Å²) in [4.78, 5) is 23.8. The molecule has 3 nitrogen and oxygen atoms in total. The number of rotatable bonds is 28. The first-order chi connectivity index (χ1) is 19.2. The topological polar surface area (TPSA) is 43.4 Å². The van der Waals surface area contributed by atoms with Gasteiger partial charge in [0.25, 0.3) is 0 Å². The summed E-state index contributed by atoms with van der Waals surface area (Å²) in [5, 5.41) is 0. The van der Waals surface area contributed by atoms with Gasteiger partial charge in [0.05, 0.1) is 0 Å². The van der Waals surface area contributed by atoms with Crippen LogP contribution in [0.25, 0.3) is 0 Å². The van der Waals surface area contributed by atoms with Crippen molar-refractivity contribution in [2.24, 2.45) is 0 Å². The molecule has 0 aromatic rings. The Kier molecular flexibility index (Phi) is 38.5. The van der Waals surface area contributed by atoms with Crippen LogP contribution in [0.2, 0.25) is 0 Å². The van der Waals surface area contributed by atoms with Gasteiger partial charge in [0.2, 0.25) is 0 Å². The zero-order chi connectivity index (χ0) is 28.5. The van der Waals surface area contributed by atoms with Crippen LogP contribution in [0.5, 0.6) is 0 Å². The Hall–Kier alpha value is -0.264. The van der Waals surface area contributed by atoms with Gasteiger partial charge < -0.3 is 4.74 Å². The van der Waals surface area contributed by atoms with E-state index in [9.17, 15) is 9.59 Å². The Morgan fingerprint density at radius 1 is 0.425 bits per heavy atom. The molecule has 0 aromatic heterocycles. The molecule has 0 saturated heterocycles. The van der Waals surface area contributed by atoms with E-state index in [1.807, 2.05) is 0 Å². The van der Waals surface area contributed by atoms with Crippen LogP contribution in [0.3, 0.4) is 0 Å². The van der Waals surface area contributed by atoms with Crippen molar-refractivity contribution in [3.63, 3.8) is 0 Å². The van der Waals surface area contributed by atoms with Gasteiger partial charge in [0.15, 0.2) is 0 Å². The van der Waals surface area contributed by atoms with Gasteiger partial charge in [-0.2, -0.15) is 0 Å². The molecule has 0 aliphatic heterocycles. The zero-order valence-electron chi connectivity index (χ0n) is 25.8. The first-order valence-corrected chi connectivity index (χ1v) is 16.5. The molecule has 0 atom stereocenters. The molecule has 4 heteroatoms. The fourth-order valence-electron chi connectivity index (χ4n) is 4.39. The molecule has 0 radical (unpaired) electrons. The second kappa shape index (κ2) is 36.8. The molecule has 0 bridgehead atoms. The van der Waals surface area contributed by atoms with E-state index >= 15 is 0 Å². The third-order valence-corrected chi connectivity index (χ3v) is 6.89. The summed E-state index contributed by atoms with van der Waals surface area (Å²) in [6.45, 7) is 4.48. The summed E-state index contributed by atoms with van der Waals surface area (Å²) in [5.74, 6) is -0.707. The van der Waals surface area contributed by atoms with Crippen molar-refractivity contribution < 1.29 is 14.3 Å². The first kappa shape index (κ1) is 41.9. The normalized spacial score (nSPS) is 11.8. The van der Waals surface area contributed by atoms with Gasteiger partial charge in [-0.15, -0.1) is 0 Å². The zero-order valence-corrected chi connectivity index (χ0v) is 25.8. The SMILES string of the molecule is CCCCC/C=C\C/C=C\CCCCCCCC(=O)OC(=O)CCCCCCC/C=C\C/C=C\CCCCC.[KH]. The van der Waals surface area contributed by atoms with E-state index in [1.54, 1.807) is 0 Å². The molecule has 0 saturated carbocycles. The molecule has 0 heterocycles. The van der Waals surface area contributed by atoms with Crippen molar-refractivity contribution >= 4 is 63.3 Å².